The molecule has 0 aliphatic rings. The number of nitriles is 1. The summed E-state index contributed by atoms with van der Waals surface area (Å²) < 4.78 is 38.0. The molecule has 20 heavy (non-hydrogen) atoms. The Morgan fingerprint density at radius 3 is 2.60 bits per heavy atom. The molecule has 1 aromatic carbocycles. The summed E-state index contributed by atoms with van der Waals surface area (Å²) in [5.41, 5.74) is -0.246. The predicted octanol–water partition coefficient (Wildman–Crippen LogP) is 4.21. The highest BCUT2D eigenvalue weighted by atomic mass is 35.5. The van der Waals surface area contributed by atoms with Crippen molar-refractivity contribution < 1.29 is 13.2 Å². The van der Waals surface area contributed by atoms with Gasteiger partial charge in [-0.3, -0.25) is 0 Å². The van der Waals surface area contributed by atoms with Crippen molar-refractivity contribution >= 4 is 24.0 Å². The van der Waals surface area contributed by atoms with Crippen LogP contribution in [0.4, 0.5) is 13.2 Å². The van der Waals surface area contributed by atoms with Crippen LogP contribution in [0.25, 0.3) is 0 Å². The van der Waals surface area contributed by atoms with E-state index >= 15 is 0 Å². The lowest BCUT2D eigenvalue weighted by Crippen LogP contribution is -2.28. The maximum Gasteiger partial charge on any atom is 0.417 e. The first-order valence-corrected chi connectivity index (χ1v) is 6.18. The maximum atomic E-state index is 12.7. The van der Waals surface area contributed by atoms with Gasteiger partial charge in [0.15, 0.2) is 0 Å². The molecule has 0 bridgehead atoms. The highest BCUT2D eigenvalue weighted by Gasteiger charge is 2.33. The lowest BCUT2D eigenvalue weighted by molar-refractivity contribution is -0.137. The fraction of sp³-hybridized carbons (Fsp3) is 0.462. The molecule has 1 N–H and O–H groups in total. The summed E-state index contributed by atoms with van der Waals surface area (Å²) in [5, 5.41) is 11.2. The lowest BCUT2D eigenvalue weighted by Gasteiger charge is -2.15. The molecule has 0 amide bonds. The number of hydrogen-bond acceptors (Lipinski definition) is 2. The van der Waals surface area contributed by atoms with E-state index in [1.807, 2.05) is 13.0 Å². The Balaban J connectivity index is 0.00000361. The topological polar surface area (TPSA) is 35.8 Å². The van der Waals surface area contributed by atoms with Crippen LogP contribution in [0.2, 0.25) is 5.02 Å². The first kappa shape index (κ1) is 19.0. The van der Waals surface area contributed by atoms with Crippen molar-refractivity contribution in [2.75, 3.05) is 6.54 Å². The van der Waals surface area contributed by atoms with Crippen LogP contribution in [0, 0.1) is 11.3 Å². The van der Waals surface area contributed by atoms with E-state index in [-0.39, 0.29) is 23.5 Å². The molecule has 0 radical (unpaired) electrons. The molecule has 0 saturated heterocycles. The number of nitrogens with zero attached hydrogens (tertiary/aromatic N) is 1. The fourth-order valence-electron chi connectivity index (χ4n) is 1.72. The summed E-state index contributed by atoms with van der Waals surface area (Å²) in [4.78, 5) is 0. The van der Waals surface area contributed by atoms with Crippen molar-refractivity contribution in [3.63, 3.8) is 0 Å². The number of alkyl halides is 3. The normalized spacial score (nSPS) is 12.4. The van der Waals surface area contributed by atoms with E-state index in [9.17, 15) is 13.2 Å². The van der Waals surface area contributed by atoms with E-state index in [1.54, 1.807) is 6.07 Å². The van der Waals surface area contributed by atoms with Crippen molar-refractivity contribution in [1.82, 2.24) is 5.32 Å². The van der Waals surface area contributed by atoms with Crippen molar-refractivity contribution in [3.8, 4) is 6.07 Å². The zero-order valence-electron chi connectivity index (χ0n) is 10.8. The summed E-state index contributed by atoms with van der Waals surface area (Å²) in [6.45, 7) is 2.39. The fourth-order valence-corrected chi connectivity index (χ4v) is 1.94. The standard InChI is InChI=1S/C13H14ClF3N2.ClH/c1-9(19-6-2-5-18)7-10-3-4-12(14)11(8-10)13(15,16)17;/h3-4,8-9,19H,2,6-7H2,1H3;1H. The summed E-state index contributed by atoms with van der Waals surface area (Å²) >= 11 is 5.55. The van der Waals surface area contributed by atoms with Gasteiger partial charge in [-0.1, -0.05) is 17.7 Å². The van der Waals surface area contributed by atoms with Crippen LogP contribution >= 0.6 is 24.0 Å². The minimum absolute atomic E-state index is 0. The lowest BCUT2D eigenvalue weighted by atomic mass is 10.0. The van der Waals surface area contributed by atoms with Crippen LogP contribution < -0.4 is 5.32 Å². The summed E-state index contributed by atoms with van der Waals surface area (Å²) in [7, 11) is 0. The third-order valence-electron chi connectivity index (χ3n) is 2.61. The van der Waals surface area contributed by atoms with Gasteiger partial charge in [0.2, 0.25) is 0 Å². The third kappa shape index (κ3) is 6.00. The number of nitrogens with one attached hydrogen (secondary N) is 1. The second kappa shape index (κ2) is 8.35. The zero-order chi connectivity index (χ0) is 14.5. The van der Waals surface area contributed by atoms with E-state index in [2.05, 4.69) is 5.32 Å². The van der Waals surface area contributed by atoms with Crippen LogP contribution in [0.15, 0.2) is 18.2 Å². The number of hydrogen-bond donors (Lipinski definition) is 1. The molecule has 1 rings (SSSR count). The van der Waals surface area contributed by atoms with E-state index < -0.39 is 11.7 Å². The first-order valence-electron chi connectivity index (χ1n) is 5.80. The number of halogens is 5. The van der Waals surface area contributed by atoms with Gasteiger partial charge in [0, 0.05) is 19.0 Å². The molecule has 7 heteroatoms. The van der Waals surface area contributed by atoms with E-state index in [0.717, 1.165) is 6.07 Å². The minimum Gasteiger partial charge on any atom is -0.313 e. The second-order valence-electron chi connectivity index (χ2n) is 4.28. The smallest absolute Gasteiger partial charge is 0.313 e. The molecular formula is C13H15Cl2F3N2. The number of rotatable bonds is 5. The zero-order valence-corrected chi connectivity index (χ0v) is 12.4. The Morgan fingerprint density at radius 2 is 2.05 bits per heavy atom. The van der Waals surface area contributed by atoms with Crippen LogP contribution in [-0.4, -0.2) is 12.6 Å². The largest absolute Gasteiger partial charge is 0.417 e. The Labute approximate surface area is 127 Å². The summed E-state index contributed by atoms with van der Waals surface area (Å²) in [6, 6.07) is 5.91. The highest BCUT2D eigenvalue weighted by molar-refractivity contribution is 6.31. The second-order valence-corrected chi connectivity index (χ2v) is 4.69. The summed E-state index contributed by atoms with van der Waals surface area (Å²) in [6.07, 6.45) is -3.62. The van der Waals surface area contributed by atoms with E-state index in [4.69, 9.17) is 16.9 Å². The van der Waals surface area contributed by atoms with Gasteiger partial charge in [0.1, 0.15) is 0 Å². The van der Waals surface area contributed by atoms with Crippen LogP contribution in [-0.2, 0) is 12.6 Å². The van der Waals surface area contributed by atoms with Gasteiger partial charge in [-0.05, 0) is 31.0 Å². The highest BCUT2D eigenvalue weighted by Crippen LogP contribution is 2.35. The number of benzene rings is 1. The van der Waals surface area contributed by atoms with E-state index in [1.165, 1.54) is 6.07 Å². The summed E-state index contributed by atoms with van der Waals surface area (Å²) in [5.74, 6) is 0. The van der Waals surface area contributed by atoms with Gasteiger partial charge in [-0.15, -0.1) is 12.4 Å². The minimum atomic E-state index is -4.44. The molecular weight excluding hydrogens is 312 g/mol. The molecule has 0 saturated carbocycles. The van der Waals surface area contributed by atoms with Gasteiger partial charge in [0.05, 0.1) is 16.7 Å². The average molecular weight is 327 g/mol. The van der Waals surface area contributed by atoms with Crippen molar-refractivity contribution in [2.45, 2.75) is 32.0 Å². The van der Waals surface area contributed by atoms with Crippen molar-refractivity contribution in [2.24, 2.45) is 0 Å². The molecule has 1 unspecified atom stereocenters. The van der Waals surface area contributed by atoms with Gasteiger partial charge in [0.25, 0.3) is 0 Å². The molecule has 1 atom stereocenters. The van der Waals surface area contributed by atoms with Gasteiger partial charge >= 0.3 is 6.18 Å². The van der Waals surface area contributed by atoms with Crippen molar-refractivity contribution in [1.29, 1.82) is 5.26 Å². The molecule has 0 aromatic heterocycles. The molecule has 0 aliphatic heterocycles. The molecule has 0 spiro atoms. The van der Waals surface area contributed by atoms with Crippen LogP contribution in [0.3, 0.4) is 0 Å². The Kier molecular flexibility index (Phi) is 7.95. The monoisotopic (exact) mass is 326 g/mol. The SMILES string of the molecule is CC(Cc1ccc(Cl)c(C(F)(F)F)c1)NCCC#N.Cl. The molecule has 112 valence electrons. The quantitative estimate of drug-likeness (QED) is 0.822. The average Bonchev–Trinajstić information content (AvgIpc) is 2.30. The van der Waals surface area contributed by atoms with E-state index in [0.29, 0.717) is 24.9 Å². The Hall–Kier alpha value is -0.960. The molecule has 2 nitrogen and oxygen atoms in total. The Bertz CT molecular complexity index is 470. The predicted molar refractivity (Wildman–Crippen MR) is 75.1 cm³/mol. The van der Waals surface area contributed by atoms with Gasteiger partial charge < -0.3 is 5.32 Å². The first-order chi connectivity index (χ1) is 8.84. The molecule has 0 fully saturated rings. The molecule has 0 aliphatic carbocycles. The van der Waals surface area contributed by atoms with Crippen LogP contribution in [0.5, 0.6) is 0 Å². The van der Waals surface area contributed by atoms with Gasteiger partial charge in [-0.25, -0.2) is 0 Å². The molecule has 0 heterocycles. The van der Waals surface area contributed by atoms with Gasteiger partial charge in [-0.2, -0.15) is 18.4 Å². The maximum absolute atomic E-state index is 12.7. The Morgan fingerprint density at radius 1 is 1.40 bits per heavy atom. The van der Waals surface area contributed by atoms with Crippen LogP contribution in [0.1, 0.15) is 24.5 Å². The van der Waals surface area contributed by atoms with Crippen molar-refractivity contribution in [3.05, 3.63) is 34.3 Å². The molecule has 1 aromatic rings. The third-order valence-corrected chi connectivity index (χ3v) is 2.94.